The number of benzene rings is 1. The number of nitrogens with zero attached hydrogens (tertiary/aromatic N) is 2. The van der Waals surface area contributed by atoms with Gasteiger partial charge in [0.25, 0.3) is 0 Å². The zero-order valence-electron chi connectivity index (χ0n) is 13.2. The lowest BCUT2D eigenvalue weighted by atomic mass is 9.96. The number of carbonyl (C=O) groups is 1. The molecule has 1 saturated heterocycles. The smallest absolute Gasteiger partial charge is 0.230 e. The van der Waals surface area contributed by atoms with E-state index < -0.39 is 10.0 Å². The minimum absolute atomic E-state index is 0.0314. The van der Waals surface area contributed by atoms with Gasteiger partial charge in [-0.1, -0.05) is 0 Å². The Kier molecular flexibility index (Phi) is 4.42. The van der Waals surface area contributed by atoms with E-state index in [2.05, 4.69) is 0 Å². The van der Waals surface area contributed by atoms with Gasteiger partial charge in [0.15, 0.2) is 0 Å². The molecule has 3 rings (SSSR count). The second-order valence-electron chi connectivity index (χ2n) is 6.09. The average molecular weight is 340 g/mol. The predicted octanol–water partition coefficient (Wildman–Crippen LogP) is 1.78. The molecule has 2 aliphatic heterocycles. The Morgan fingerprint density at radius 1 is 1.26 bits per heavy atom. The van der Waals surface area contributed by atoms with Gasteiger partial charge in [-0.2, -0.15) is 0 Å². The molecule has 2 aliphatic rings. The van der Waals surface area contributed by atoms with Crippen LogP contribution in [-0.4, -0.2) is 44.0 Å². The second kappa shape index (κ2) is 6.20. The van der Waals surface area contributed by atoms with Crippen molar-refractivity contribution in [2.24, 2.45) is 5.92 Å². The lowest BCUT2D eigenvalue weighted by Crippen LogP contribution is -2.44. The Balaban J connectivity index is 1.68. The van der Waals surface area contributed by atoms with Crippen LogP contribution in [0.5, 0.6) is 0 Å². The first-order valence-electron chi connectivity index (χ1n) is 8.00. The van der Waals surface area contributed by atoms with Crippen molar-refractivity contribution in [2.45, 2.75) is 26.2 Å². The summed E-state index contributed by atoms with van der Waals surface area (Å²) in [4.78, 5) is 14.5. The van der Waals surface area contributed by atoms with Gasteiger partial charge in [0.1, 0.15) is 5.82 Å². The van der Waals surface area contributed by atoms with Crippen molar-refractivity contribution in [3.63, 3.8) is 0 Å². The van der Waals surface area contributed by atoms with E-state index in [9.17, 15) is 17.6 Å². The summed E-state index contributed by atoms with van der Waals surface area (Å²) in [5.41, 5.74) is 1.66. The van der Waals surface area contributed by atoms with Crippen LogP contribution in [0.4, 0.5) is 10.1 Å². The SMILES string of the molecule is CCS(=O)(=O)N1CCC(C(=O)N2CCc3cc(F)ccc32)CC1. The first kappa shape index (κ1) is 16.4. The number of hydrogen-bond acceptors (Lipinski definition) is 3. The highest BCUT2D eigenvalue weighted by Crippen LogP contribution is 2.32. The molecule has 0 bridgehead atoms. The third-order valence-electron chi connectivity index (χ3n) is 4.76. The molecule has 0 aliphatic carbocycles. The predicted molar refractivity (Wildman–Crippen MR) is 86.2 cm³/mol. The molecule has 126 valence electrons. The largest absolute Gasteiger partial charge is 0.312 e. The molecular weight excluding hydrogens is 319 g/mol. The quantitative estimate of drug-likeness (QED) is 0.843. The molecule has 0 spiro atoms. The summed E-state index contributed by atoms with van der Waals surface area (Å²) in [6.07, 6.45) is 1.76. The van der Waals surface area contributed by atoms with E-state index in [1.165, 1.54) is 16.4 Å². The first-order chi connectivity index (χ1) is 10.9. The zero-order chi connectivity index (χ0) is 16.6. The van der Waals surface area contributed by atoms with Crippen LogP contribution < -0.4 is 4.90 Å². The van der Waals surface area contributed by atoms with Crippen molar-refractivity contribution in [2.75, 3.05) is 30.3 Å². The Morgan fingerprint density at radius 2 is 1.96 bits per heavy atom. The van der Waals surface area contributed by atoms with Gasteiger partial charge in [-0.25, -0.2) is 17.1 Å². The van der Waals surface area contributed by atoms with Crippen molar-refractivity contribution in [3.05, 3.63) is 29.6 Å². The molecule has 5 nitrogen and oxygen atoms in total. The van der Waals surface area contributed by atoms with Crippen LogP contribution in [0.15, 0.2) is 18.2 Å². The van der Waals surface area contributed by atoms with Gasteiger partial charge in [-0.15, -0.1) is 0 Å². The number of piperidine rings is 1. The van der Waals surface area contributed by atoms with Crippen LogP contribution in [0, 0.1) is 11.7 Å². The van der Waals surface area contributed by atoms with E-state index in [1.807, 2.05) is 0 Å². The molecular formula is C16H21FN2O3S. The number of sulfonamides is 1. The van der Waals surface area contributed by atoms with Crippen LogP contribution in [0.1, 0.15) is 25.3 Å². The molecule has 0 N–H and O–H groups in total. The molecule has 1 amide bonds. The number of hydrogen-bond donors (Lipinski definition) is 0. The van der Waals surface area contributed by atoms with Gasteiger partial charge in [0, 0.05) is 31.2 Å². The summed E-state index contributed by atoms with van der Waals surface area (Å²) in [5, 5.41) is 0. The average Bonchev–Trinajstić information content (AvgIpc) is 2.97. The summed E-state index contributed by atoms with van der Waals surface area (Å²) in [5.74, 6) is -0.314. The van der Waals surface area contributed by atoms with Crippen molar-refractivity contribution < 1.29 is 17.6 Å². The fraction of sp³-hybridized carbons (Fsp3) is 0.562. The van der Waals surface area contributed by atoms with Gasteiger partial charge < -0.3 is 4.90 Å². The summed E-state index contributed by atoms with van der Waals surface area (Å²) in [6.45, 7) is 3.01. The fourth-order valence-corrected chi connectivity index (χ4v) is 4.52. The molecule has 23 heavy (non-hydrogen) atoms. The third-order valence-corrected chi connectivity index (χ3v) is 6.65. The second-order valence-corrected chi connectivity index (χ2v) is 8.34. The van der Waals surface area contributed by atoms with E-state index in [0.717, 1.165) is 11.3 Å². The lowest BCUT2D eigenvalue weighted by molar-refractivity contribution is -0.123. The van der Waals surface area contributed by atoms with Gasteiger partial charge in [-0.05, 0) is 49.9 Å². The van der Waals surface area contributed by atoms with Crippen LogP contribution in [-0.2, 0) is 21.2 Å². The van der Waals surface area contributed by atoms with Gasteiger partial charge in [0.2, 0.25) is 15.9 Å². The van der Waals surface area contributed by atoms with E-state index in [4.69, 9.17) is 0 Å². The maximum atomic E-state index is 13.3. The van der Waals surface area contributed by atoms with E-state index in [0.29, 0.717) is 38.9 Å². The van der Waals surface area contributed by atoms with E-state index >= 15 is 0 Å². The normalized spacial score (nSPS) is 19.8. The molecule has 0 atom stereocenters. The maximum absolute atomic E-state index is 13.3. The molecule has 0 radical (unpaired) electrons. The Labute approximate surface area is 136 Å². The van der Waals surface area contributed by atoms with Crippen LogP contribution >= 0.6 is 0 Å². The lowest BCUT2D eigenvalue weighted by Gasteiger charge is -2.32. The van der Waals surface area contributed by atoms with Crippen molar-refractivity contribution >= 4 is 21.6 Å². The van der Waals surface area contributed by atoms with Crippen molar-refractivity contribution in [3.8, 4) is 0 Å². The maximum Gasteiger partial charge on any atom is 0.230 e. The van der Waals surface area contributed by atoms with Crippen LogP contribution in [0.25, 0.3) is 0 Å². The minimum atomic E-state index is -3.18. The summed E-state index contributed by atoms with van der Waals surface area (Å²) >= 11 is 0. The fourth-order valence-electron chi connectivity index (χ4n) is 3.38. The topological polar surface area (TPSA) is 57.7 Å². The van der Waals surface area contributed by atoms with Crippen molar-refractivity contribution in [1.82, 2.24) is 4.31 Å². The minimum Gasteiger partial charge on any atom is -0.312 e. The monoisotopic (exact) mass is 340 g/mol. The zero-order valence-corrected chi connectivity index (χ0v) is 14.0. The third kappa shape index (κ3) is 3.12. The number of fused-ring (bicyclic) bond motifs is 1. The summed E-state index contributed by atoms with van der Waals surface area (Å²) in [6, 6.07) is 4.52. The molecule has 0 aromatic heterocycles. The Hall–Kier alpha value is -1.47. The molecule has 1 aromatic carbocycles. The highest BCUT2D eigenvalue weighted by Gasteiger charge is 2.34. The number of anilines is 1. The Bertz CT molecular complexity index is 712. The van der Waals surface area contributed by atoms with Gasteiger partial charge in [-0.3, -0.25) is 4.79 Å². The van der Waals surface area contributed by atoms with E-state index in [1.54, 1.807) is 17.9 Å². The first-order valence-corrected chi connectivity index (χ1v) is 9.61. The van der Waals surface area contributed by atoms with E-state index in [-0.39, 0.29) is 23.4 Å². The van der Waals surface area contributed by atoms with Crippen LogP contribution in [0.2, 0.25) is 0 Å². The van der Waals surface area contributed by atoms with Gasteiger partial charge >= 0.3 is 0 Å². The molecule has 0 saturated carbocycles. The molecule has 0 unspecified atom stereocenters. The van der Waals surface area contributed by atoms with Gasteiger partial charge in [0.05, 0.1) is 5.75 Å². The summed E-state index contributed by atoms with van der Waals surface area (Å²) < 4.78 is 38.5. The van der Waals surface area contributed by atoms with Crippen LogP contribution in [0.3, 0.4) is 0 Å². The standard InChI is InChI=1S/C16H21FN2O3S/c1-2-23(21,22)18-8-5-12(6-9-18)16(20)19-10-7-13-11-14(17)3-4-15(13)19/h3-4,11-12H,2,5-10H2,1H3. The molecule has 1 aromatic rings. The highest BCUT2D eigenvalue weighted by atomic mass is 32.2. The number of carbonyl (C=O) groups excluding carboxylic acids is 1. The number of halogens is 1. The molecule has 2 heterocycles. The molecule has 1 fully saturated rings. The van der Waals surface area contributed by atoms with Crippen molar-refractivity contribution in [1.29, 1.82) is 0 Å². The highest BCUT2D eigenvalue weighted by molar-refractivity contribution is 7.89. The molecule has 7 heteroatoms. The number of amides is 1. The number of rotatable bonds is 3. The Morgan fingerprint density at radius 3 is 2.61 bits per heavy atom. The summed E-state index contributed by atoms with van der Waals surface area (Å²) in [7, 11) is -3.18.